The zero-order valence-corrected chi connectivity index (χ0v) is 13.3. The fraction of sp³-hybridized carbons (Fsp3) is 0.353. The summed E-state index contributed by atoms with van der Waals surface area (Å²) < 4.78 is 5.40. The van der Waals surface area contributed by atoms with Crippen molar-refractivity contribution in [1.29, 1.82) is 0 Å². The first-order valence-electron chi connectivity index (χ1n) is 7.80. The number of hydrazone groups is 1. The van der Waals surface area contributed by atoms with Crippen molar-refractivity contribution in [1.82, 2.24) is 15.6 Å². The molecular formula is C17H20N4O2. The number of ether oxygens (including phenoxy) is 1. The second kappa shape index (κ2) is 6.64. The van der Waals surface area contributed by atoms with Crippen molar-refractivity contribution >= 4 is 11.6 Å². The van der Waals surface area contributed by atoms with Gasteiger partial charge in [0.15, 0.2) is 5.69 Å². The van der Waals surface area contributed by atoms with Gasteiger partial charge in [-0.15, -0.1) is 0 Å². The molecule has 1 fully saturated rings. The van der Waals surface area contributed by atoms with Crippen LogP contribution in [0.15, 0.2) is 35.4 Å². The minimum absolute atomic E-state index is 0.307. The quantitative estimate of drug-likeness (QED) is 0.636. The van der Waals surface area contributed by atoms with Gasteiger partial charge in [0.25, 0.3) is 5.91 Å². The van der Waals surface area contributed by atoms with Crippen LogP contribution >= 0.6 is 0 Å². The highest BCUT2D eigenvalue weighted by atomic mass is 16.5. The molecule has 0 unspecified atom stereocenters. The van der Waals surface area contributed by atoms with Crippen molar-refractivity contribution in [2.45, 2.75) is 32.6 Å². The van der Waals surface area contributed by atoms with E-state index in [1.807, 2.05) is 38.1 Å². The van der Waals surface area contributed by atoms with E-state index in [-0.39, 0.29) is 5.91 Å². The topological polar surface area (TPSA) is 79.4 Å². The average Bonchev–Trinajstić information content (AvgIpc) is 3.30. The fourth-order valence-electron chi connectivity index (χ4n) is 2.27. The van der Waals surface area contributed by atoms with Gasteiger partial charge in [-0.25, -0.2) is 5.43 Å². The number of nitrogens with one attached hydrogen (secondary N) is 2. The molecule has 6 nitrogen and oxygen atoms in total. The summed E-state index contributed by atoms with van der Waals surface area (Å²) in [4.78, 5) is 12.1. The number of aromatic nitrogens is 2. The van der Waals surface area contributed by atoms with Gasteiger partial charge in [-0.1, -0.05) is 0 Å². The molecule has 23 heavy (non-hydrogen) atoms. The lowest BCUT2D eigenvalue weighted by Gasteiger charge is -2.05. The molecule has 1 amide bonds. The maximum atomic E-state index is 12.1. The van der Waals surface area contributed by atoms with Gasteiger partial charge in [-0.3, -0.25) is 9.89 Å². The third-order valence-electron chi connectivity index (χ3n) is 3.76. The standard InChI is InChI=1S/C17H20N4O2/c1-3-23-14-8-6-12(7-9-14)11(2)18-21-17(22)16-10-15(19-20-16)13-4-5-13/h6-10,13H,3-5H2,1-2H3,(H,19,20)(H,21,22). The summed E-state index contributed by atoms with van der Waals surface area (Å²) >= 11 is 0. The van der Waals surface area contributed by atoms with Gasteiger partial charge in [0.2, 0.25) is 0 Å². The minimum atomic E-state index is -0.307. The summed E-state index contributed by atoms with van der Waals surface area (Å²) in [6, 6.07) is 9.39. The third kappa shape index (κ3) is 3.77. The van der Waals surface area contributed by atoms with Gasteiger partial charge in [-0.05, 0) is 62.6 Å². The van der Waals surface area contributed by atoms with E-state index in [4.69, 9.17) is 4.74 Å². The molecule has 1 aliphatic rings. The van der Waals surface area contributed by atoms with Gasteiger partial charge in [0, 0.05) is 11.6 Å². The predicted molar refractivity (Wildman–Crippen MR) is 87.9 cm³/mol. The van der Waals surface area contributed by atoms with Crippen molar-refractivity contribution < 1.29 is 9.53 Å². The molecule has 6 heteroatoms. The number of hydrogen-bond donors (Lipinski definition) is 2. The lowest BCUT2D eigenvalue weighted by atomic mass is 10.1. The monoisotopic (exact) mass is 312 g/mol. The Hall–Kier alpha value is -2.63. The number of rotatable bonds is 6. The van der Waals surface area contributed by atoms with E-state index < -0.39 is 0 Å². The molecular weight excluding hydrogens is 292 g/mol. The van der Waals surface area contributed by atoms with Gasteiger partial charge < -0.3 is 4.74 Å². The van der Waals surface area contributed by atoms with Crippen LogP contribution in [0, 0.1) is 0 Å². The summed E-state index contributed by atoms with van der Waals surface area (Å²) in [5, 5.41) is 11.1. The Labute approximate surface area is 134 Å². The van der Waals surface area contributed by atoms with E-state index in [0.717, 1.165) is 35.6 Å². The van der Waals surface area contributed by atoms with Gasteiger partial charge in [0.1, 0.15) is 5.75 Å². The first kappa shape index (κ1) is 15.3. The highest BCUT2D eigenvalue weighted by molar-refractivity contribution is 6.00. The molecule has 3 rings (SSSR count). The maximum Gasteiger partial charge on any atom is 0.291 e. The smallest absolute Gasteiger partial charge is 0.291 e. The van der Waals surface area contributed by atoms with Crippen molar-refractivity contribution in [3.63, 3.8) is 0 Å². The molecule has 0 saturated heterocycles. The normalized spacial score (nSPS) is 14.6. The van der Waals surface area contributed by atoms with Crippen LogP contribution < -0.4 is 10.2 Å². The van der Waals surface area contributed by atoms with Crippen LogP contribution in [0.2, 0.25) is 0 Å². The maximum absolute atomic E-state index is 12.1. The van der Waals surface area contributed by atoms with Crippen LogP contribution in [-0.2, 0) is 0 Å². The van der Waals surface area contributed by atoms with E-state index in [9.17, 15) is 4.79 Å². The average molecular weight is 312 g/mol. The highest BCUT2D eigenvalue weighted by Crippen LogP contribution is 2.38. The van der Waals surface area contributed by atoms with Crippen LogP contribution in [0.4, 0.5) is 0 Å². The zero-order chi connectivity index (χ0) is 16.2. The third-order valence-corrected chi connectivity index (χ3v) is 3.76. The Morgan fingerprint density at radius 2 is 2.13 bits per heavy atom. The zero-order valence-electron chi connectivity index (χ0n) is 13.3. The molecule has 0 radical (unpaired) electrons. The minimum Gasteiger partial charge on any atom is -0.494 e. The lowest BCUT2D eigenvalue weighted by molar-refractivity contribution is 0.0950. The summed E-state index contributed by atoms with van der Waals surface area (Å²) in [5.74, 6) is 1.05. The SMILES string of the molecule is CCOc1ccc(C(C)=NNC(=O)c2cc(C3CC3)[nH]n2)cc1. The Bertz CT molecular complexity index is 714. The van der Waals surface area contributed by atoms with Crippen molar-refractivity contribution in [3.8, 4) is 5.75 Å². The second-order valence-electron chi connectivity index (χ2n) is 5.58. The Kier molecular flexibility index (Phi) is 4.41. The highest BCUT2D eigenvalue weighted by Gasteiger charge is 2.26. The number of aromatic amines is 1. The number of benzene rings is 1. The molecule has 1 aromatic heterocycles. The number of amides is 1. The van der Waals surface area contributed by atoms with Crippen LogP contribution in [-0.4, -0.2) is 28.4 Å². The molecule has 0 bridgehead atoms. The van der Waals surface area contributed by atoms with E-state index in [1.54, 1.807) is 6.07 Å². The van der Waals surface area contributed by atoms with Crippen LogP contribution in [0.3, 0.4) is 0 Å². The number of nitrogens with zero attached hydrogens (tertiary/aromatic N) is 2. The van der Waals surface area contributed by atoms with Gasteiger partial charge in [0.05, 0.1) is 12.3 Å². The molecule has 0 aliphatic heterocycles. The summed E-state index contributed by atoms with van der Waals surface area (Å²) in [5.41, 5.74) is 5.59. The fourth-order valence-corrected chi connectivity index (χ4v) is 2.27. The van der Waals surface area contributed by atoms with E-state index in [2.05, 4.69) is 20.7 Å². The summed E-state index contributed by atoms with van der Waals surface area (Å²) in [6.07, 6.45) is 2.33. The van der Waals surface area contributed by atoms with E-state index in [0.29, 0.717) is 18.2 Å². The first-order chi connectivity index (χ1) is 11.2. The largest absolute Gasteiger partial charge is 0.494 e. The summed E-state index contributed by atoms with van der Waals surface area (Å²) in [6.45, 7) is 4.42. The molecule has 0 spiro atoms. The predicted octanol–water partition coefficient (Wildman–Crippen LogP) is 2.84. The lowest BCUT2D eigenvalue weighted by Crippen LogP contribution is -2.19. The van der Waals surface area contributed by atoms with Crippen molar-refractivity contribution in [3.05, 3.63) is 47.3 Å². The molecule has 2 N–H and O–H groups in total. The van der Waals surface area contributed by atoms with Gasteiger partial charge >= 0.3 is 0 Å². The molecule has 0 atom stereocenters. The molecule has 1 heterocycles. The number of carbonyl (C=O) groups excluding carboxylic acids is 1. The number of carbonyl (C=O) groups is 1. The van der Waals surface area contributed by atoms with E-state index in [1.165, 1.54) is 0 Å². The van der Waals surface area contributed by atoms with Crippen LogP contribution in [0.25, 0.3) is 0 Å². The van der Waals surface area contributed by atoms with E-state index >= 15 is 0 Å². The summed E-state index contributed by atoms with van der Waals surface area (Å²) in [7, 11) is 0. The number of hydrogen-bond acceptors (Lipinski definition) is 4. The van der Waals surface area contributed by atoms with Crippen molar-refractivity contribution in [2.75, 3.05) is 6.61 Å². The Morgan fingerprint density at radius 1 is 1.39 bits per heavy atom. The Morgan fingerprint density at radius 3 is 2.78 bits per heavy atom. The molecule has 1 saturated carbocycles. The molecule has 1 aromatic carbocycles. The van der Waals surface area contributed by atoms with Crippen LogP contribution in [0.1, 0.15) is 54.4 Å². The second-order valence-corrected chi connectivity index (χ2v) is 5.58. The Balaban J connectivity index is 1.62. The first-order valence-corrected chi connectivity index (χ1v) is 7.80. The molecule has 2 aromatic rings. The number of H-pyrrole nitrogens is 1. The molecule has 1 aliphatic carbocycles. The van der Waals surface area contributed by atoms with Crippen LogP contribution in [0.5, 0.6) is 5.75 Å². The van der Waals surface area contributed by atoms with Crippen molar-refractivity contribution in [2.24, 2.45) is 5.10 Å². The molecule has 120 valence electrons. The van der Waals surface area contributed by atoms with Gasteiger partial charge in [-0.2, -0.15) is 10.2 Å².